The number of rotatable bonds is 1. The van der Waals surface area contributed by atoms with Crippen LogP contribution in [0, 0.1) is 18.6 Å². The summed E-state index contributed by atoms with van der Waals surface area (Å²) in [6, 6.07) is 7.14. The van der Waals surface area contributed by atoms with Gasteiger partial charge in [0.15, 0.2) is 5.72 Å². The molecule has 1 aliphatic rings. The van der Waals surface area contributed by atoms with Gasteiger partial charge in [-0.15, -0.1) is 0 Å². The number of hydrogen-bond donors (Lipinski definition) is 1. The summed E-state index contributed by atoms with van der Waals surface area (Å²) in [5, 5.41) is 0. The number of hydrogen-bond acceptors (Lipinski definition) is 3. The molecule has 22 heavy (non-hydrogen) atoms. The molecule has 0 amide bonds. The molecule has 2 N–H and O–H groups in total. The molecule has 0 saturated carbocycles. The largest absolute Gasteiger partial charge is 0.466 e. The van der Waals surface area contributed by atoms with Gasteiger partial charge < -0.3 is 10.5 Å². The lowest BCUT2D eigenvalue weighted by atomic mass is 9.95. The van der Waals surface area contributed by atoms with Gasteiger partial charge in [0.05, 0.1) is 11.3 Å². The van der Waals surface area contributed by atoms with Crippen LogP contribution in [0.25, 0.3) is 0 Å². The van der Waals surface area contributed by atoms with Gasteiger partial charge in [-0.2, -0.15) is 0 Å². The first-order chi connectivity index (χ1) is 10.3. The number of benzene rings is 2. The van der Waals surface area contributed by atoms with E-state index < -0.39 is 11.5 Å². The first kappa shape index (κ1) is 14.5. The predicted molar refractivity (Wildman–Crippen MR) is 82.3 cm³/mol. The third-order valence-corrected chi connectivity index (χ3v) is 3.50. The summed E-state index contributed by atoms with van der Waals surface area (Å²) in [7, 11) is 0. The lowest BCUT2D eigenvalue weighted by Gasteiger charge is -2.31. The van der Waals surface area contributed by atoms with Crippen molar-refractivity contribution < 1.29 is 13.5 Å². The number of nitrogen functional groups attached to an aromatic ring is 1. The van der Waals surface area contributed by atoms with Gasteiger partial charge in [-0.1, -0.05) is 0 Å². The molecule has 2 aromatic rings. The van der Waals surface area contributed by atoms with Crippen molar-refractivity contribution in [3.63, 3.8) is 0 Å². The SMILES string of the molecule is Cc1cc(F)ccc1C1=NC(C)(C)Oc2cc(N)cc(F)c21. The van der Waals surface area contributed by atoms with Gasteiger partial charge in [0, 0.05) is 17.3 Å². The predicted octanol–water partition coefficient (Wildman–Crippen LogP) is 3.82. The minimum Gasteiger partial charge on any atom is -0.466 e. The lowest BCUT2D eigenvalue weighted by molar-refractivity contribution is 0.115. The van der Waals surface area contributed by atoms with E-state index in [4.69, 9.17) is 10.5 Å². The van der Waals surface area contributed by atoms with E-state index in [0.717, 1.165) is 0 Å². The maximum absolute atomic E-state index is 14.4. The zero-order chi connectivity index (χ0) is 16.1. The van der Waals surface area contributed by atoms with E-state index in [1.54, 1.807) is 32.9 Å². The van der Waals surface area contributed by atoms with Crippen LogP contribution in [0.4, 0.5) is 14.5 Å². The van der Waals surface area contributed by atoms with Crippen LogP contribution < -0.4 is 10.5 Å². The first-order valence-corrected chi connectivity index (χ1v) is 6.91. The summed E-state index contributed by atoms with van der Waals surface area (Å²) in [5.74, 6) is -0.504. The monoisotopic (exact) mass is 302 g/mol. The Hall–Kier alpha value is -2.43. The second-order valence-electron chi connectivity index (χ2n) is 5.84. The van der Waals surface area contributed by atoms with Crippen molar-refractivity contribution in [3.8, 4) is 5.75 Å². The van der Waals surface area contributed by atoms with Crippen molar-refractivity contribution in [1.82, 2.24) is 0 Å². The second-order valence-corrected chi connectivity index (χ2v) is 5.84. The fourth-order valence-electron chi connectivity index (χ4n) is 2.62. The smallest absolute Gasteiger partial charge is 0.195 e. The van der Waals surface area contributed by atoms with Gasteiger partial charge in [0.2, 0.25) is 0 Å². The van der Waals surface area contributed by atoms with Crippen molar-refractivity contribution in [2.24, 2.45) is 4.99 Å². The first-order valence-electron chi connectivity index (χ1n) is 6.91. The van der Waals surface area contributed by atoms with Crippen molar-refractivity contribution in [1.29, 1.82) is 0 Å². The number of halogens is 2. The van der Waals surface area contributed by atoms with Gasteiger partial charge in [0.1, 0.15) is 17.4 Å². The zero-order valence-electron chi connectivity index (χ0n) is 12.6. The highest BCUT2D eigenvalue weighted by molar-refractivity contribution is 6.16. The van der Waals surface area contributed by atoms with E-state index in [2.05, 4.69) is 4.99 Å². The molecule has 3 rings (SSSR count). The third-order valence-electron chi connectivity index (χ3n) is 3.50. The maximum atomic E-state index is 14.4. The molecule has 1 aliphatic heterocycles. The van der Waals surface area contributed by atoms with Crippen LogP contribution >= 0.6 is 0 Å². The molecule has 3 nitrogen and oxygen atoms in total. The van der Waals surface area contributed by atoms with Crippen LogP contribution in [0.3, 0.4) is 0 Å². The lowest BCUT2D eigenvalue weighted by Crippen LogP contribution is -2.33. The van der Waals surface area contributed by atoms with Crippen molar-refractivity contribution in [2.45, 2.75) is 26.5 Å². The number of aliphatic imine (C=N–C) groups is 1. The number of ether oxygens (including phenoxy) is 1. The van der Waals surface area contributed by atoms with Gasteiger partial charge >= 0.3 is 0 Å². The van der Waals surface area contributed by atoms with Gasteiger partial charge in [-0.3, -0.25) is 0 Å². The molecule has 0 atom stereocenters. The van der Waals surface area contributed by atoms with Crippen LogP contribution in [-0.2, 0) is 0 Å². The third kappa shape index (κ3) is 2.43. The van der Waals surface area contributed by atoms with Crippen LogP contribution in [0.1, 0.15) is 30.5 Å². The quantitative estimate of drug-likeness (QED) is 0.814. The number of nitrogens with two attached hydrogens (primary N) is 1. The highest BCUT2D eigenvalue weighted by atomic mass is 19.1. The highest BCUT2D eigenvalue weighted by Gasteiger charge is 2.31. The fraction of sp³-hybridized carbons (Fsp3) is 0.235. The Bertz CT molecular complexity index is 797. The van der Waals surface area contributed by atoms with Crippen molar-refractivity contribution >= 4 is 11.4 Å². The standard InChI is InChI=1S/C17H16F2N2O/c1-9-6-10(18)4-5-12(9)16-15-13(19)7-11(20)8-14(15)22-17(2,3)21-16/h4-8H,20H2,1-3H3. The Morgan fingerprint density at radius 2 is 1.86 bits per heavy atom. The summed E-state index contributed by atoms with van der Waals surface area (Å²) < 4.78 is 33.5. The van der Waals surface area contributed by atoms with Gasteiger partial charge in [-0.25, -0.2) is 13.8 Å². The van der Waals surface area contributed by atoms with Crippen LogP contribution in [0.5, 0.6) is 5.75 Å². The molecule has 1 heterocycles. The van der Waals surface area contributed by atoms with Crippen LogP contribution in [0.15, 0.2) is 35.3 Å². The molecular weight excluding hydrogens is 286 g/mol. The van der Waals surface area contributed by atoms with Crippen molar-refractivity contribution in [3.05, 3.63) is 58.7 Å². The topological polar surface area (TPSA) is 47.6 Å². The van der Waals surface area contributed by atoms with Crippen LogP contribution in [-0.4, -0.2) is 11.4 Å². The maximum Gasteiger partial charge on any atom is 0.195 e. The van der Waals surface area contributed by atoms with E-state index in [1.807, 2.05) is 0 Å². The fourth-order valence-corrected chi connectivity index (χ4v) is 2.62. The number of nitrogens with zero attached hydrogens (tertiary/aromatic N) is 1. The molecule has 0 aromatic heterocycles. The van der Waals surface area contributed by atoms with Gasteiger partial charge in [0.25, 0.3) is 0 Å². The average Bonchev–Trinajstić information content (AvgIpc) is 2.35. The molecule has 0 radical (unpaired) electrons. The molecule has 0 aliphatic carbocycles. The van der Waals surface area contributed by atoms with E-state index in [1.165, 1.54) is 18.2 Å². The minimum atomic E-state index is -0.858. The second kappa shape index (κ2) is 4.80. The van der Waals surface area contributed by atoms with Crippen LogP contribution in [0.2, 0.25) is 0 Å². The van der Waals surface area contributed by atoms with E-state index in [9.17, 15) is 8.78 Å². The zero-order valence-corrected chi connectivity index (χ0v) is 12.6. The number of anilines is 1. The molecule has 0 spiro atoms. The minimum absolute atomic E-state index is 0.253. The van der Waals surface area contributed by atoms with Crippen molar-refractivity contribution in [2.75, 3.05) is 5.73 Å². The Morgan fingerprint density at radius 3 is 2.55 bits per heavy atom. The molecule has 2 aromatic carbocycles. The average molecular weight is 302 g/mol. The van der Waals surface area contributed by atoms with Gasteiger partial charge in [-0.05, 0) is 50.6 Å². The summed E-state index contributed by atoms with van der Waals surface area (Å²) >= 11 is 0. The van der Waals surface area contributed by atoms with E-state index in [-0.39, 0.29) is 17.1 Å². The molecular formula is C17H16F2N2O. The Balaban J connectivity index is 2.28. The normalized spacial score (nSPS) is 15.8. The summed E-state index contributed by atoms with van der Waals surface area (Å²) in [6.45, 7) is 5.31. The number of aryl methyl sites for hydroxylation is 1. The Labute approximate surface area is 127 Å². The highest BCUT2D eigenvalue weighted by Crippen LogP contribution is 2.36. The molecule has 0 unspecified atom stereocenters. The van der Waals surface area contributed by atoms with E-state index >= 15 is 0 Å². The molecule has 114 valence electrons. The molecule has 0 fully saturated rings. The molecule has 5 heteroatoms. The summed E-state index contributed by atoms with van der Waals surface area (Å²) in [4.78, 5) is 4.50. The summed E-state index contributed by atoms with van der Waals surface area (Å²) in [5.41, 5.74) is 7.17. The summed E-state index contributed by atoms with van der Waals surface area (Å²) in [6.07, 6.45) is 0. The molecule has 0 bridgehead atoms. The Kier molecular flexibility index (Phi) is 3.16. The van der Waals surface area contributed by atoms with E-state index in [0.29, 0.717) is 22.6 Å². The number of fused-ring (bicyclic) bond motifs is 1. The Morgan fingerprint density at radius 1 is 1.14 bits per heavy atom. The molecule has 0 saturated heterocycles.